The van der Waals surface area contributed by atoms with E-state index in [2.05, 4.69) is 15.0 Å². The summed E-state index contributed by atoms with van der Waals surface area (Å²) in [6, 6.07) is 3.00. The summed E-state index contributed by atoms with van der Waals surface area (Å²) >= 11 is 0. The van der Waals surface area contributed by atoms with Crippen LogP contribution in [0.2, 0.25) is 0 Å². The Bertz CT molecular complexity index is 492. The Morgan fingerprint density at radius 1 is 1.46 bits per heavy atom. The van der Waals surface area contributed by atoms with Gasteiger partial charge in [0, 0.05) is 6.07 Å². The minimum atomic E-state index is -0.188. The standard InChI is InChI=1S/C8H7N3O2/c1-13-7-4-9-8-5(10-7)2-3-6(12)11-8/h2-4H,1H3,(H,9,11,12). The van der Waals surface area contributed by atoms with Crippen molar-refractivity contribution >= 4 is 11.2 Å². The topological polar surface area (TPSA) is 67.9 Å². The smallest absolute Gasteiger partial charge is 0.249 e. The SMILES string of the molecule is COc1cnc2[nH]c(=O)ccc2n1. The minimum Gasteiger partial charge on any atom is -0.480 e. The summed E-state index contributed by atoms with van der Waals surface area (Å²) in [7, 11) is 1.52. The number of aromatic nitrogens is 3. The van der Waals surface area contributed by atoms with Crippen LogP contribution >= 0.6 is 0 Å². The Morgan fingerprint density at radius 3 is 3.08 bits per heavy atom. The van der Waals surface area contributed by atoms with Gasteiger partial charge in [0.2, 0.25) is 11.4 Å². The van der Waals surface area contributed by atoms with Crippen LogP contribution in [0.25, 0.3) is 11.2 Å². The van der Waals surface area contributed by atoms with E-state index in [1.54, 1.807) is 6.07 Å². The Hall–Kier alpha value is -1.91. The van der Waals surface area contributed by atoms with Gasteiger partial charge >= 0.3 is 0 Å². The number of fused-ring (bicyclic) bond motifs is 1. The first kappa shape index (κ1) is 7.72. The second-order valence-corrected chi connectivity index (χ2v) is 2.47. The fourth-order valence-corrected chi connectivity index (χ4v) is 1.01. The zero-order chi connectivity index (χ0) is 9.26. The van der Waals surface area contributed by atoms with Crippen molar-refractivity contribution in [1.82, 2.24) is 15.0 Å². The molecule has 5 nitrogen and oxygen atoms in total. The van der Waals surface area contributed by atoms with Crippen molar-refractivity contribution in [2.24, 2.45) is 0 Å². The van der Waals surface area contributed by atoms with E-state index < -0.39 is 0 Å². The first-order valence-corrected chi connectivity index (χ1v) is 3.69. The van der Waals surface area contributed by atoms with Crippen LogP contribution in [0.1, 0.15) is 0 Å². The molecule has 0 aromatic carbocycles. The van der Waals surface area contributed by atoms with Gasteiger partial charge in [0.25, 0.3) is 0 Å². The van der Waals surface area contributed by atoms with Gasteiger partial charge in [-0.25, -0.2) is 9.97 Å². The molecule has 0 aliphatic rings. The molecular formula is C8H7N3O2. The molecule has 0 saturated heterocycles. The maximum atomic E-state index is 10.9. The van der Waals surface area contributed by atoms with Gasteiger partial charge in [-0.2, -0.15) is 0 Å². The summed E-state index contributed by atoms with van der Waals surface area (Å²) in [5.41, 5.74) is 0.888. The average molecular weight is 177 g/mol. The lowest BCUT2D eigenvalue weighted by atomic mass is 10.4. The molecule has 0 radical (unpaired) electrons. The highest BCUT2D eigenvalue weighted by Crippen LogP contribution is 2.08. The predicted molar refractivity (Wildman–Crippen MR) is 46.7 cm³/mol. The lowest BCUT2D eigenvalue weighted by Crippen LogP contribution is -2.04. The molecule has 0 spiro atoms. The van der Waals surface area contributed by atoms with Gasteiger partial charge in [-0.05, 0) is 6.07 Å². The van der Waals surface area contributed by atoms with Crippen LogP contribution in [0.3, 0.4) is 0 Å². The van der Waals surface area contributed by atoms with Gasteiger partial charge in [-0.15, -0.1) is 0 Å². The highest BCUT2D eigenvalue weighted by Gasteiger charge is 1.98. The van der Waals surface area contributed by atoms with Crippen LogP contribution in [-0.2, 0) is 0 Å². The first-order valence-electron chi connectivity index (χ1n) is 3.69. The number of hydrogen-bond donors (Lipinski definition) is 1. The Labute approximate surface area is 73.4 Å². The number of pyridine rings is 1. The van der Waals surface area contributed by atoms with E-state index in [0.29, 0.717) is 17.0 Å². The molecule has 0 bridgehead atoms. The largest absolute Gasteiger partial charge is 0.480 e. The average Bonchev–Trinajstić information content (AvgIpc) is 2.17. The van der Waals surface area contributed by atoms with E-state index in [0.717, 1.165) is 0 Å². The number of nitrogens with one attached hydrogen (secondary N) is 1. The Morgan fingerprint density at radius 2 is 2.31 bits per heavy atom. The molecule has 66 valence electrons. The highest BCUT2D eigenvalue weighted by atomic mass is 16.5. The summed E-state index contributed by atoms with van der Waals surface area (Å²) in [6.45, 7) is 0. The molecule has 0 amide bonds. The number of hydrogen-bond acceptors (Lipinski definition) is 4. The maximum absolute atomic E-state index is 10.9. The van der Waals surface area contributed by atoms with Gasteiger partial charge in [-0.3, -0.25) is 4.79 Å². The zero-order valence-corrected chi connectivity index (χ0v) is 6.94. The zero-order valence-electron chi connectivity index (χ0n) is 6.94. The molecular weight excluding hydrogens is 170 g/mol. The monoisotopic (exact) mass is 177 g/mol. The number of nitrogens with zero attached hydrogens (tertiary/aromatic N) is 2. The van der Waals surface area contributed by atoms with Crippen LogP contribution < -0.4 is 10.3 Å². The third-order valence-electron chi connectivity index (χ3n) is 1.62. The molecule has 1 N–H and O–H groups in total. The minimum absolute atomic E-state index is 0.188. The van der Waals surface area contributed by atoms with Crippen LogP contribution in [0.4, 0.5) is 0 Å². The van der Waals surface area contributed by atoms with Crippen molar-refractivity contribution in [3.8, 4) is 5.88 Å². The van der Waals surface area contributed by atoms with E-state index >= 15 is 0 Å². The summed E-state index contributed by atoms with van der Waals surface area (Å²) < 4.78 is 4.89. The Kier molecular flexibility index (Phi) is 1.70. The molecule has 2 aromatic heterocycles. The summed E-state index contributed by atoms with van der Waals surface area (Å²) in [5, 5.41) is 0. The second kappa shape index (κ2) is 2.85. The van der Waals surface area contributed by atoms with E-state index in [-0.39, 0.29) is 5.56 Å². The summed E-state index contributed by atoms with van der Waals surface area (Å²) in [4.78, 5) is 21.5. The fraction of sp³-hybridized carbons (Fsp3) is 0.125. The number of aromatic amines is 1. The van der Waals surface area contributed by atoms with E-state index in [1.807, 2.05) is 0 Å². The highest BCUT2D eigenvalue weighted by molar-refractivity contribution is 5.69. The molecule has 0 saturated carbocycles. The van der Waals surface area contributed by atoms with E-state index in [1.165, 1.54) is 19.4 Å². The molecule has 0 atom stereocenters. The van der Waals surface area contributed by atoms with Gasteiger partial charge in [0.15, 0.2) is 5.65 Å². The summed E-state index contributed by atoms with van der Waals surface area (Å²) in [5.74, 6) is 0.430. The molecule has 5 heteroatoms. The van der Waals surface area contributed by atoms with Gasteiger partial charge in [0.1, 0.15) is 5.52 Å². The maximum Gasteiger partial charge on any atom is 0.249 e. The van der Waals surface area contributed by atoms with Crippen molar-refractivity contribution in [2.75, 3.05) is 7.11 Å². The fourth-order valence-electron chi connectivity index (χ4n) is 1.01. The van der Waals surface area contributed by atoms with E-state index in [9.17, 15) is 4.79 Å². The predicted octanol–water partition coefficient (Wildman–Crippen LogP) is 0.327. The third-order valence-corrected chi connectivity index (χ3v) is 1.62. The van der Waals surface area contributed by atoms with E-state index in [4.69, 9.17) is 4.74 Å². The third kappa shape index (κ3) is 1.35. The van der Waals surface area contributed by atoms with Crippen molar-refractivity contribution in [2.45, 2.75) is 0 Å². The van der Waals surface area contributed by atoms with Crippen molar-refractivity contribution in [1.29, 1.82) is 0 Å². The number of methoxy groups -OCH3 is 1. The lowest BCUT2D eigenvalue weighted by molar-refractivity contribution is 0.397. The normalized spacial score (nSPS) is 10.2. The molecule has 2 rings (SSSR count). The molecule has 0 aliphatic heterocycles. The molecule has 2 heterocycles. The van der Waals surface area contributed by atoms with Crippen LogP contribution in [-0.4, -0.2) is 22.1 Å². The van der Waals surface area contributed by atoms with Crippen LogP contribution in [0, 0.1) is 0 Å². The molecule has 0 fully saturated rings. The second-order valence-electron chi connectivity index (χ2n) is 2.47. The van der Waals surface area contributed by atoms with Crippen LogP contribution in [0.15, 0.2) is 23.1 Å². The van der Waals surface area contributed by atoms with Crippen LogP contribution in [0.5, 0.6) is 5.88 Å². The quantitative estimate of drug-likeness (QED) is 0.681. The van der Waals surface area contributed by atoms with Crippen molar-refractivity contribution in [3.05, 3.63) is 28.7 Å². The number of ether oxygens (including phenoxy) is 1. The molecule has 2 aromatic rings. The Balaban J connectivity index is 2.73. The molecule has 0 aliphatic carbocycles. The van der Waals surface area contributed by atoms with Crippen molar-refractivity contribution < 1.29 is 4.74 Å². The first-order chi connectivity index (χ1) is 6.29. The van der Waals surface area contributed by atoms with Gasteiger partial charge in [-0.1, -0.05) is 0 Å². The summed E-state index contributed by atoms with van der Waals surface area (Å²) in [6.07, 6.45) is 1.46. The van der Waals surface area contributed by atoms with Crippen molar-refractivity contribution in [3.63, 3.8) is 0 Å². The number of H-pyrrole nitrogens is 1. The number of rotatable bonds is 1. The molecule has 0 unspecified atom stereocenters. The van der Waals surface area contributed by atoms with Gasteiger partial charge < -0.3 is 9.72 Å². The lowest BCUT2D eigenvalue weighted by Gasteiger charge is -1.98. The van der Waals surface area contributed by atoms with Gasteiger partial charge in [0.05, 0.1) is 13.3 Å². The molecule has 13 heavy (non-hydrogen) atoms.